The van der Waals surface area contributed by atoms with Gasteiger partial charge in [-0.1, -0.05) is 12.5 Å². The molecule has 0 saturated heterocycles. The lowest BCUT2D eigenvalue weighted by molar-refractivity contribution is -0.0360. The summed E-state index contributed by atoms with van der Waals surface area (Å²) >= 11 is 0. The van der Waals surface area contributed by atoms with Gasteiger partial charge in [0.2, 0.25) is 0 Å². The standard InChI is InChI=1S/C19H21FN2O3/c1-12-6-7-15(14(20)10-12)22-16-11-21-9-8-13(16)19(24)25-18-5-3-2-4-17(18)23/h6-11,17-18,22-23H,2-5H2,1H3/t17?,18-/m1/s1. The Morgan fingerprint density at radius 1 is 1.28 bits per heavy atom. The monoisotopic (exact) mass is 344 g/mol. The Hall–Kier alpha value is -2.47. The molecule has 0 spiro atoms. The third kappa shape index (κ3) is 4.14. The lowest BCUT2D eigenvalue weighted by atomic mass is 9.95. The van der Waals surface area contributed by atoms with Gasteiger partial charge in [-0.2, -0.15) is 0 Å². The summed E-state index contributed by atoms with van der Waals surface area (Å²) < 4.78 is 19.5. The van der Waals surface area contributed by atoms with Crippen molar-refractivity contribution in [2.75, 3.05) is 5.32 Å². The lowest BCUT2D eigenvalue weighted by Gasteiger charge is -2.27. The van der Waals surface area contributed by atoms with Crippen LogP contribution in [0.4, 0.5) is 15.8 Å². The number of carbonyl (C=O) groups excluding carboxylic acids is 1. The number of aliphatic hydroxyl groups excluding tert-OH is 1. The minimum Gasteiger partial charge on any atom is -0.456 e. The maximum atomic E-state index is 14.1. The van der Waals surface area contributed by atoms with E-state index >= 15 is 0 Å². The number of rotatable bonds is 4. The molecule has 1 aliphatic rings. The second-order valence-corrected chi connectivity index (χ2v) is 6.33. The molecule has 0 aliphatic heterocycles. The van der Waals surface area contributed by atoms with Crippen LogP contribution in [-0.4, -0.2) is 28.3 Å². The first-order valence-electron chi connectivity index (χ1n) is 8.41. The van der Waals surface area contributed by atoms with Crippen LogP contribution in [-0.2, 0) is 4.74 Å². The molecule has 1 aromatic heterocycles. The number of hydrogen-bond acceptors (Lipinski definition) is 5. The second-order valence-electron chi connectivity index (χ2n) is 6.33. The number of hydrogen-bond donors (Lipinski definition) is 2. The molecule has 3 rings (SSSR count). The van der Waals surface area contributed by atoms with E-state index in [2.05, 4.69) is 10.3 Å². The fourth-order valence-electron chi connectivity index (χ4n) is 2.95. The van der Waals surface area contributed by atoms with Crippen molar-refractivity contribution in [3.05, 3.63) is 53.6 Å². The number of nitrogens with zero attached hydrogens (tertiary/aromatic N) is 1. The zero-order valence-corrected chi connectivity index (χ0v) is 14.0. The van der Waals surface area contributed by atoms with E-state index in [1.54, 1.807) is 19.1 Å². The Labute approximate surface area is 145 Å². The molecular weight excluding hydrogens is 323 g/mol. The topological polar surface area (TPSA) is 71.5 Å². The third-order valence-electron chi connectivity index (χ3n) is 4.36. The predicted molar refractivity (Wildman–Crippen MR) is 92.3 cm³/mol. The predicted octanol–water partition coefficient (Wildman–Crippen LogP) is 3.73. The Morgan fingerprint density at radius 3 is 2.84 bits per heavy atom. The summed E-state index contributed by atoms with van der Waals surface area (Å²) in [5.74, 6) is -0.964. The smallest absolute Gasteiger partial charge is 0.340 e. The van der Waals surface area contributed by atoms with Crippen molar-refractivity contribution in [2.24, 2.45) is 0 Å². The summed E-state index contributed by atoms with van der Waals surface area (Å²) in [5.41, 5.74) is 1.68. The average Bonchev–Trinajstić information content (AvgIpc) is 2.60. The molecule has 2 N–H and O–H groups in total. The Morgan fingerprint density at radius 2 is 2.08 bits per heavy atom. The van der Waals surface area contributed by atoms with Crippen LogP contribution in [0, 0.1) is 12.7 Å². The summed E-state index contributed by atoms with van der Waals surface area (Å²) in [6.07, 6.45) is 4.93. The largest absolute Gasteiger partial charge is 0.456 e. The van der Waals surface area contributed by atoms with Gasteiger partial charge in [0, 0.05) is 6.20 Å². The van der Waals surface area contributed by atoms with E-state index in [1.165, 1.54) is 24.5 Å². The van der Waals surface area contributed by atoms with Gasteiger partial charge in [0.25, 0.3) is 0 Å². The molecule has 0 bridgehead atoms. The fraction of sp³-hybridized carbons (Fsp3) is 0.368. The van der Waals surface area contributed by atoms with Gasteiger partial charge < -0.3 is 15.2 Å². The van der Waals surface area contributed by atoms with Crippen LogP contribution in [0.15, 0.2) is 36.7 Å². The Kier molecular flexibility index (Phi) is 5.28. The van der Waals surface area contributed by atoms with Crippen molar-refractivity contribution in [3.8, 4) is 0 Å². The first kappa shape index (κ1) is 17.4. The van der Waals surface area contributed by atoms with E-state index in [9.17, 15) is 14.3 Å². The molecule has 1 aromatic carbocycles. The zero-order chi connectivity index (χ0) is 17.8. The van der Waals surface area contributed by atoms with Crippen LogP contribution in [0.3, 0.4) is 0 Å². The maximum Gasteiger partial charge on any atom is 0.340 e. The van der Waals surface area contributed by atoms with Gasteiger partial charge in [-0.25, -0.2) is 9.18 Å². The van der Waals surface area contributed by atoms with Crippen LogP contribution < -0.4 is 5.32 Å². The minimum atomic E-state index is -0.634. The van der Waals surface area contributed by atoms with Gasteiger partial charge in [-0.3, -0.25) is 4.98 Å². The lowest BCUT2D eigenvalue weighted by Crippen LogP contribution is -2.34. The quantitative estimate of drug-likeness (QED) is 0.827. The number of aryl methyl sites for hydroxylation is 1. The van der Waals surface area contributed by atoms with Crippen LogP contribution in [0.25, 0.3) is 0 Å². The number of ether oxygens (including phenoxy) is 1. The molecule has 2 atom stereocenters. The van der Waals surface area contributed by atoms with Gasteiger partial charge in [-0.15, -0.1) is 0 Å². The number of aliphatic hydroxyl groups is 1. The number of halogens is 1. The maximum absolute atomic E-state index is 14.1. The highest BCUT2D eigenvalue weighted by molar-refractivity contribution is 5.96. The van der Waals surface area contributed by atoms with Crippen LogP contribution in [0.1, 0.15) is 41.6 Å². The Bertz CT molecular complexity index is 766. The molecule has 1 unspecified atom stereocenters. The van der Waals surface area contributed by atoms with Gasteiger partial charge in [0.15, 0.2) is 0 Å². The van der Waals surface area contributed by atoms with E-state index < -0.39 is 24.0 Å². The molecule has 1 saturated carbocycles. The van der Waals surface area contributed by atoms with Gasteiger partial charge in [-0.05, 0) is 49.9 Å². The molecule has 0 amide bonds. The average molecular weight is 344 g/mol. The number of anilines is 2. The Balaban J connectivity index is 1.79. The van der Waals surface area contributed by atoms with E-state index in [4.69, 9.17) is 4.74 Å². The van der Waals surface area contributed by atoms with Crippen LogP contribution >= 0.6 is 0 Å². The molecule has 132 valence electrons. The van der Waals surface area contributed by atoms with Crippen molar-refractivity contribution >= 4 is 17.3 Å². The number of aromatic nitrogens is 1. The van der Waals surface area contributed by atoms with Gasteiger partial charge >= 0.3 is 5.97 Å². The third-order valence-corrected chi connectivity index (χ3v) is 4.36. The molecule has 1 heterocycles. The van der Waals surface area contributed by atoms with Crippen molar-refractivity contribution in [1.29, 1.82) is 0 Å². The molecule has 0 radical (unpaired) electrons. The van der Waals surface area contributed by atoms with E-state index in [-0.39, 0.29) is 11.3 Å². The molecule has 6 heteroatoms. The highest BCUT2D eigenvalue weighted by atomic mass is 19.1. The number of nitrogens with one attached hydrogen (secondary N) is 1. The molecular formula is C19H21FN2O3. The van der Waals surface area contributed by atoms with Crippen molar-refractivity contribution in [3.63, 3.8) is 0 Å². The minimum absolute atomic E-state index is 0.255. The van der Waals surface area contributed by atoms with Crippen molar-refractivity contribution in [2.45, 2.75) is 44.8 Å². The molecule has 1 fully saturated rings. The summed E-state index contributed by atoms with van der Waals surface area (Å²) in [6, 6.07) is 6.32. The molecule has 25 heavy (non-hydrogen) atoms. The van der Waals surface area contributed by atoms with E-state index in [1.807, 2.05) is 0 Å². The first-order valence-corrected chi connectivity index (χ1v) is 8.41. The van der Waals surface area contributed by atoms with Crippen molar-refractivity contribution < 1.29 is 19.0 Å². The van der Waals surface area contributed by atoms with Gasteiger partial charge in [0.1, 0.15) is 11.9 Å². The van der Waals surface area contributed by atoms with Gasteiger partial charge in [0.05, 0.1) is 29.2 Å². The second kappa shape index (κ2) is 7.61. The highest BCUT2D eigenvalue weighted by Crippen LogP contribution is 2.26. The van der Waals surface area contributed by atoms with Crippen LogP contribution in [0.5, 0.6) is 0 Å². The summed E-state index contributed by atoms with van der Waals surface area (Å²) in [7, 11) is 0. The number of benzene rings is 1. The highest BCUT2D eigenvalue weighted by Gasteiger charge is 2.27. The first-order chi connectivity index (χ1) is 12.0. The molecule has 5 nitrogen and oxygen atoms in total. The van der Waals surface area contributed by atoms with E-state index in [0.29, 0.717) is 18.5 Å². The van der Waals surface area contributed by atoms with Crippen molar-refractivity contribution in [1.82, 2.24) is 4.98 Å². The molecule has 1 aliphatic carbocycles. The molecule has 2 aromatic rings. The van der Waals surface area contributed by atoms with E-state index in [0.717, 1.165) is 18.4 Å². The summed E-state index contributed by atoms with van der Waals surface area (Å²) in [5, 5.41) is 12.9. The number of esters is 1. The zero-order valence-electron chi connectivity index (χ0n) is 14.0. The SMILES string of the molecule is Cc1ccc(Nc2cnccc2C(=O)O[C@@H]2CCCCC2O)c(F)c1. The fourth-order valence-corrected chi connectivity index (χ4v) is 2.95. The number of pyridine rings is 1. The number of carbonyl (C=O) groups is 1. The normalized spacial score (nSPS) is 20.1. The van der Waals surface area contributed by atoms with Crippen LogP contribution in [0.2, 0.25) is 0 Å². The summed E-state index contributed by atoms with van der Waals surface area (Å²) in [4.78, 5) is 16.5. The summed E-state index contributed by atoms with van der Waals surface area (Å²) in [6.45, 7) is 1.80.